The van der Waals surface area contributed by atoms with E-state index in [2.05, 4.69) is 28.2 Å². The molecule has 0 N–H and O–H groups in total. The first-order chi connectivity index (χ1) is 19.6. The first-order valence-corrected chi connectivity index (χ1v) is 12.8. The quantitative estimate of drug-likeness (QED) is 0.173. The maximum absolute atomic E-state index is 8.73. The summed E-state index contributed by atoms with van der Waals surface area (Å²) in [5, 5.41) is 2.23. The molecule has 0 saturated heterocycles. The maximum Gasteiger partial charge on any atom is 0.120 e. The van der Waals surface area contributed by atoms with Crippen LogP contribution in [0.2, 0.25) is 0 Å². The molecule has 0 bridgehead atoms. The number of rotatable bonds is 4. The van der Waals surface area contributed by atoms with Crippen molar-refractivity contribution in [3.8, 4) is 22.5 Å². The average molecular weight is 696 g/mol. The van der Waals surface area contributed by atoms with Crippen LogP contribution in [0.25, 0.3) is 44.5 Å². The summed E-state index contributed by atoms with van der Waals surface area (Å²) in [5.74, 6) is -0.798. The molecule has 1 radical (unpaired) electrons. The zero-order chi connectivity index (χ0) is 27.4. The van der Waals surface area contributed by atoms with Crippen molar-refractivity contribution in [2.24, 2.45) is 0 Å². The van der Waals surface area contributed by atoms with Crippen molar-refractivity contribution < 1.29 is 25.9 Å². The van der Waals surface area contributed by atoms with Gasteiger partial charge in [-0.3, -0.25) is 0 Å². The van der Waals surface area contributed by atoms with Crippen molar-refractivity contribution >= 4 is 21.9 Å². The van der Waals surface area contributed by atoms with Crippen LogP contribution in [0.5, 0.6) is 0 Å². The van der Waals surface area contributed by atoms with Gasteiger partial charge in [0.1, 0.15) is 5.58 Å². The summed E-state index contributed by atoms with van der Waals surface area (Å²) in [6, 6.07) is 45.8. The van der Waals surface area contributed by atoms with Gasteiger partial charge in [0, 0.05) is 45.1 Å². The molecule has 0 spiro atoms. The SMILES string of the molecule is [2H]C(C)(c1ccccc1)c1ccnc(-c2[c-]cccc2)c1.[Ir].[c-]1ccc2c(oc3ccccc32)c1-c1ccccn1. The van der Waals surface area contributed by atoms with Gasteiger partial charge in [0.05, 0.1) is 5.58 Å². The van der Waals surface area contributed by atoms with Crippen LogP contribution >= 0.6 is 0 Å². The Hall–Kier alpha value is -4.37. The summed E-state index contributed by atoms with van der Waals surface area (Å²) in [4.78, 5) is 8.78. The summed E-state index contributed by atoms with van der Waals surface area (Å²) in [7, 11) is 0. The number of pyridine rings is 2. The van der Waals surface area contributed by atoms with Crippen LogP contribution < -0.4 is 0 Å². The Morgan fingerprint density at radius 2 is 1.45 bits per heavy atom. The monoisotopic (exact) mass is 696 g/mol. The molecule has 0 saturated carbocycles. The summed E-state index contributed by atoms with van der Waals surface area (Å²) in [6.45, 7) is 1.91. The van der Waals surface area contributed by atoms with Crippen molar-refractivity contribution in [2.45, 2.75) is 12.8 Å². The minimum atomic E-state index is -0.798. The predicted octanol–water partition coefficient (Wildman–Crippen LogP) is 9.15. The Bertz CT molecular complexity index is 1870. The van der Waals surface area contributed by atoms with E-state index in [0.29, 0.717) is 0 Å². The number of nitrogens with zero attached hydrogens (tertiary/aromatic N) is 2. The van der Waals surface area contributed by atoms with E-state index in [1.54, 1.807) is 12.4 Å². The molecule has 3 heterocycles. The molecular weight excluding hydrogens is 669 g/mol. The number of hydrogen-bond donors (Lipinski definition) is 0. The zero-order valence-corrected chi connectivity index (χ0v) is 24.2. The molecule has 1 atom stereocenters. The van der Waals surface area contributed by atoms with Crippen LogP contribution in [0.15, 0.2) is 138 Å². The van der Waals surface area contributed by atoms with Crippen molar-refractivity contribution in [1.82, 2.24) is 9.97 Å². The van der Waals surface area contributed by atoms with Crippen LogP contribution in [-0.4, -0.2) is 9.97 Å². The summed E-state index contributed by atoms with van der Waals surface area (Å²) in [6.07, 6.45) is 3.55. The molecule has 0 aliphatic heterocycles. The van der Waals surface area contributed by atoms with E-state index in [0.717, 1.165) is 55.6 Å². The number of aromatic nitrogens is 2. The minimum absolute atomic E-state index is 0. The second-order valence-electron chi connectivity index (χ2n) is 9.11. The van der Waals surface area contributed by atoms with E-state index in [1.807, 2.05) is 122 Å². The molecular formula is C36H26IrN2O-2. The van der Waals surface area contributed by atoms with E-state index in [9.17, 15) is 0 Å². The van der Waals surface area contributed by atoms with E-state index < -0.39 is 5.89 Å². The Balaban J connectivity index is 0.000000161. The van der Waals surface area contributed by atoms with Gasteiger partial charge in [-0.15, -0.1) is 54.1 Å². The van der Waals surface area contributed by atoms with Gasteiger partial charge in [0.15, 0.2) is 0 Å². The van der Waals surface area contributed by atoms with Gasteiger partial charge in [-0.25, -0.2) is 0 Å². The third kappa shape index (κ3) is 5.79. The molecule has 4 aromatic carbocycles. The summed E-state index contributed by atoms with van der Waals surface area (Å²) >= 11 is 0. The normalized spacial score (nSPS) is 12.5. The van der Waals surface area contributed by atoms with Crippen LogP contribution in [0.4, 0.5) is 0 Å². The number of benzene rings is 4. The molecule has 40 heavy (non-hydrogen) atoms. The molecule has 4 heteroatoms. The molecule has 3 nitrogen and oxygen atoms in total. The first kappa shape index (κ1) is 25.9. The largest absolute Gasteiger partial charge is 0.501 e. The van der Waals surface area contributed by atoms with E-state index in [4.69, 9.17) is 5.79 Å². The van der Waals surface area contributed by atoms with Crippen molar-refractivity contribution in [3.05, 3.63) is 157 Å². The molecule has 0 amide bonds. The average Bonchev–Trinajstić information content (AvgIpc) is 3.42. The second kappa shape index (κ2) is 12.7. The standard InChI is InChI=1S/C19H16N.C17H10NO.Ir/c1-15(16-8-4-2-5-9-16)18-12-13-20-19(14-18)17-10-6-3-7-11-17;1-2-10-16-12(6-1)13-7-5-8-14(17(13)19-16)15-9-3-4-11-18-15;/h2-10,12-15H,1H3;1-7,9-11H;/q2*-1;/i15D;;. The van der Waals surface area contributed by atoms with E-state index >= 15 is 0 Å². The molecule has 7 aromatic rings. The Morgan fingerprint density at radius 3 is 2.25 bits per heavy atom. The van der Waals surface area contributed by atoms with Gasteiger partial charge in [0.25, 0.3) is 0 Å². The van der Waals surface area contributed by atoms with Crippen LogP contribution in [0.3, 0.4) is 0 Å². The molecule has 7 rings (SSSR count). The molecule has 3 aromatic heterocycles. The number of fused-ring (bicyclic) bond motifs is 3. The predicted molar refractivity (Wildman–Crippen MR) is 158 cm³/mol. The number of para-hydroxylation sites is 1. The summed E-state index contributed by atoms with van der Waals surface area (Å²) in [5.41, 5.74) is 7.24. The Labute approximate surface area is 249 Å². The van der Waals surface area contributed by atoms with Gasteiger partial charge >= 0.3 is 0 Å². The van der Waals surface area contributed by atoms with E-state index in [-0.39, 0.29) is 20.1 Å². The number of hydrogen-bond acceptors (Lipinski definition) is 3. The molecule has 0 aliphatic rings. The van der Waals surface area contributed by atoms with Crippen molar-refractivity contribution in [2.75, 3.05) is 0 Å². The van der Waals surface area contributed by atoms with Crippen LogP contribution in [0, 0.1) is 12.1 Å². The molecule has 1 unspecified atom stereocenters. The van der Waals surface area contributed by atoms with E-state index in [1.165, 1.54) is 0 Å². The molecule has 0 aliphatic carbocycles. The second-order valence-corrected chi connectivity index (χ2v) is 9.11. The van der Waals surface area contributed by atoms with Crippen molar-refractivity contribution in [1.29, 1.82) is 0 Å². The van der Waals surface area contributed by atoms with Gasteiger partial charge in [-0.05, 0) is 40.7 Å². The van der Waals surface area contributed by atoms with Crippen LogP contribution in [-0.2, 0) is 20.1 Å². The fourth-order valence-corrected chi connectivity index (χ4v) is 4.61. The topological polar surface area (TPSA) is 38.9 Å². The zero-order valence-electron chi connectivity index (χ0n) is 22.8. The Kier molecular flexibility index (Phi) is 8.19. The smallest absolute Gasteiger partial charge is 0.120 e. The van der Waals surface area contributed by atoms with Crippen LogP contribution in [0.1, 0.15) is 25.3 Å². The molecule has 197 valence electrons. The van der Waals surface area contributed by atoms with Gasteiger partial charge in [0.2, 0.25) is 0 Å². The summed E-state index contributed by atoms with van der Waals surface area (Å²) < 4.78 is 14.7. The Morgan fingerprint density at radius 1 is 0.675 bits per heavy atom. The third-order valence-electron chi connectivity index (χ3n) is 6.64. The number of furan rings is 1. The van der Waals surface area contributed by atoms with Gasteiger partial charge in [-0.1, -0.05) is 84.6 Å². The minimum Gasteiger partial charge on any atom is -0.501 e. The first-order valence-electron chi connectivity index (χ1n) is 13.3. The van der Waals surface area contributed by atoms with Crippen molar-refractivity contribution in [3.63, 3.8) is 0 Å². The third-order valence-corrected chi connectivity index (χ3v) is 6.64. The maximum atomic E-state index is 8.73. The van der Waals surface area contributed by atoms with Gasteiger partial charge < -0.3 is 14.4 Å². The molecule has 0 fully saturated rings. The fraction of sp³-hybridized carbons (Fsp3) is 0.0556. The fourth-order valence-electron chi connectivity index (χ4n) is 4.61. The van der Waals surface area contributed by atoms with Gasteiger partial charge in [-0.2, -0.15) is 0 Å².